The lowest BCUT2D eigenvalue weighted by atomic mass is 9.96. The number of amides is 1. The number of hydrogen-bond acceptors (Lipinski definition) is 3. The summed E-state index contributed by atoms with van der Waals surface area (Å²) in [7, 11) is 1.43. The van der Waals surface area contributed by atoms with E-state index in [0.29, 0.717) is 0 Å². The van der Waals surface area contributed by atoms with Crippen molar-refractivity contribution in [3.8, 4) is 0 Å². The van der Waals surface area contributed by atoms with Crippen LogP contribution in [0.4, 0.5) is 4.79 Å². The lowest BCUT2D eigenvalue weighted by Gasteiger charge is -2.42. The van der Waals surface area contributed by atoms with Gasteiger partial charge in [0.15, 0.2) is 0 Å². The molecule has 1 amide bonds. The highest BCUT2D eigenvalue weighted by Crippen LogP contribution is 2.37. The highest BCUT2D eigenvalue weighted by atomic mass is 16.5. The molecule has 2 bridgehead atoms. The van der Waals surface area contributed by atoms with Crippen LogP contribution in [0.15, 0.2) is 12.7 Å². The fourth-order valence-electron chi connectivity index (χ4n) is 2.55. The van der Waals surface area contributed by atoms with Crippen LogP contribution in [0.25, 0.3) is 0 Å². The van der Waals surface area contributed by atoms with Crippen LogP contribution < -0.4 is 5.32 Å². The minimum absolute atomic E-state index is 0.212. The Hall–Kier alpha value is -1.03. The summed E-state index contributed by atoms with van der Waals surface area (Å²) in [5.41, 5.74) is -0.212. The second-order valence-corrected chi connectivity index (χ2v) is 3.97. The Morgan fingerprint density at radius 3 is 3.21 bits per heavy atom. The van der Waals surface area contributed by atoms with Gasteiger partial charge in [-0.1, -0.05) is 6.08 Å². The first-order chi connectivity index (χ1) is 6.73. The highest BCUT2D eigenvalue weighted by Gasteiger charge is 2.49. The number of ether oxygens (including phenoxy) is 1. The average Bonchev–Trinajstić information content (AvgIpc) is 2.45. The molecule has 2 atom stereocenters. The molecule has 1 N–H and O–H groups in total. The molecule has 0 saturated carbocycles. The zero-order valence-electron chi connectivity index (χ0n) is 8.45. The lowest BCUT2D eigenvalue weighted by molar-refractivity contribution is 0.0686. The molecule has 0 aromatic carbocycles. The van der Waals surface area contributed by atoms with E-state index in [1.165, 1.54) is 7.11 Å². The molecule has 2 saturated heterocycles. The van der Waals surface area contributed by atoms with Crippen molar-refractivity contribution in [3.05, 3.63) is 12.7 Å². The zero-order valence-corrected chi connectivity index (χ0v) is 8.45. The van der Waals surface area contributed by atoms with Gasteiger partial charge in [-0.25, -0.2) is 4.79 Å². The number of methoxy groups -OCH3 is 1. The maximum absolute atomic E-state index is 11.6. The number of rotatable bonds is 1. The monoisotopic (exact) mass is 196 g/mol. The van der Waals surface area contributed by atoms with Gasteiger partial charge in [0.05, 0.1) is 12.6 Å². The molecule has 2 unspecified atom stereocenters. The summed E-state index contributed by atoms with van der Waals surface area (Å²) in [4.78, 5) is 13.5. The quantitative estimate of drug-likeness (QED) is 0.629. The molecule has 78 valence electrons. The van der Waals surface area contributed by atoms with Crippen molar-refractivity contribution in [1.29, 1.82) is 0 Å². The number of nitrogens with zero attached hydrogens (tertiary/aromatic N) is 1. The maximum Gasteiger partial charge on any atom is 0.410 e. The zero-order chi connectivity index (χ0) is 10.2. The van der Waals surface area contributed by atoms with E-state index in [-0.39, 0.29) is 17.7 Å². The number of carbonyl (C=O) groups excluding carboxylic acids is 1. The van der Waals surface area contributed by atoms with Crippen LogP contribution in [-0.4, -0.2) is 42.8 Å². The summed E-state index contributed by atoms with van der Waals surface area (Å²) in [6.45, 7) is 5.49. The molecule has 0 aromatic rings. The van der Waals surface area contributed by atoms with Gasteiger partial charge in [0.2, 0.25) is 0 Å². The third-order valence-electron chi connectivity index (χ3n) is 3.32. The SMILES string of the molecule is C=CC12CCC(CNC1)N2C(=O)OC. The molecule has 0 spiro atoms. The molecule has 2 aliphatic rings. The van der Waals surface area contributed by atoms with Gasteiger partial charge in [0, 0.05) is 19.1 Å². The Bertz CT molecular complexity index is 263. The van der Waals surface area contributed by atoms with Crippen molar-refractivity contribution in [2.75, 3.05) is 20.2 Å². The Morgan fingerprint density at radius 2 is 2.57 bits per heavy atom. The molecule has 2 aliphatic heterocycles. The van der Waals surface area contributed by atoms with Gasteiger partial charge in [-0.3, -0.25) is 4.90 Å². The Balaban J connectivity index is 2.29. The highest BCUT2D eigenvalue weighted by molar-refractivity contribution is 5.70. The Labute approximate surface area is 83.9 Å². The summed E-state index contributed by atoms with van der Waals surface area (Å²) in [6.07, 6.45) is 3.67. The summed E-state index contributed by atoms with van der Waals surface area (Å²) in [5.74, 6) is 0. The van der Waals surface area contributed by atoms with Crippen molar-refractivity contribution in [2.24, 2.45) is 0 Å². The van der Waals surface area contributed by atoms with Gasteiger partial charge in [0.1, 0.15) is 0 Å². The van der Waals surface area contributed by atoms with Gasteiger partial charge in [-0.2, -0.15) is 0 Å². The van der Waals surface area contributed by atoms with Gasteiger partial charge in [-0.15, -0.1) is 6.58 Å². The van der Waals surface area contributed by atoms with Crippen molar-refractivity contribution >= 4 is 6.09 Å². The van der Waals surface area contributed by atoms with Crippen molar-refractivity contribution in [3.63, 3.8) is 0 Å². The largest absolute Gasteiger partial charge is 0.453 e. The first kappa shape index (κ1) is 9.52. The van der Waals surface area contributed by atoms with Gasteiger partial charge >= 0.3 is 6.09 Å². The fraction of sp³-hybridized carbons (Fsp3) is 0.700. The second kappa shape index (κ2) is 3.28. The number of nitrogens with one attached hydrogen (secondary N) is 1. The van der Waals surface area contributed by atoms with Crippen molar-refractivity contribution in [1.82, 2.24) is 10.2 Å². The fourth-order valence-corrected chi connectivity index (χ4v) is 2.55. The lowest BCUT2D eigenvalue weighted by Crippen LogP contribution is -2.61. The molecule has 2 heterocycles. The molecule has 4 heteroatoms. The van der Waals surface area contributed by atoms with Crippen LogP contribution >= 0.6 is 0 Å². The van der Waals surface area contributed by atoms with E-state index in [1.54, 1.807) is 0 Å². The van der Waals surface area contributed by atoms with E-state index in [9.17, 15) is 4.79 Å². The number of piperazine rings is 1. The van der Waals surface area contributed by atoms with Crippen molar-refractivity contribution < 1.29 is 9.53 Å². The molecule has 2 rings (SSSR count). The molecule has 0 radical (unpaired) electrons. The van der Waals surface area contributed by atoms with Crippen LogP contribution in [0.1, 0.15) is 12.8 Å². The van der Waals surface area contributed by atoms with Gasteiger partial charge in [-0.05, 0) is 12.8 Å². The van der Waals surface area contributed by atoms with Crippen LogP contribution in [0.5, 0.6) is 0 Å². The molecule has 14 heavy (non-hydrogen) atoms. The van der Waals surface area contributed by atoms with E-state index < -0.39 is 0 Å². The van der Waals surface area contributed by atoms with Crippen LogP contribution in [0.3, 0.4) is 0 Å². The predicted molar refractivity (Wildman–Crippen MR) is 53.1 cm³/mol. The van der Waals surface area contributed by atoms with Gasteiger partial charge in [0.25, 0.3) is 0 Å². The maximum atomic E-state index is 11.6. The van der Waals surface area contributed by atoms with E-state index in [0.717, 1.165) is 25.9 Å². The number of hydrogen-bond donors (Lipinski definition) is 1. The minimum atomic E-state index is -0.228. The Kier molecular flexibility index (Phi) is 2.23. The molecular formula is C10H16N2O2. The Morgan fingerprint density at radius 1 is 1.79 bits per heavy atom. The number of fused-ring (bicyclic) bond motifs is 2. The van der Waals surface area contributed by atoms with E-state index in [4.69, 9.17) is 4.74 Å². The molecule has 4 nitrogen and oxygen atoms in total. The number of carbonyl (C=O) groups is 1. The molecular weight excluding hydrogens is 180 g/mol. The summed E-state index contributed by atoms with van der Waals surface area (Å²) >= 11 is 0. The van der Waals surface area contributed by atoms with Crippen LogP contribution in [-0.2, 0) is 4.74 Å². The summed E-state index contributed by atoms with van der Waals surface area (Å²) in [6, 6.07) is 0.272. The van der Waals surface area contributed by atoms with Crippen molar-refractivity contribution in [2.45, 2.75) is 24.4 Å². The normalized spacial score (nSPS) is 35.5. The van der Waals surface area contributed by atoms with E-state index in [1.807, 2.05) is 11.0 Å². The standard InChI is InChI=1S/C10H16N2O2/c1-3-10-5-4-8(6-11-7-10)12(10)9(13)14-2/h3,8,11H,1,4-7H2,2H3. The smallest absolute Gasteiger partial charge is 0.410 e. The van der Waals surface area contributed by atoms with Crippen LogP contribution in [0, 0.1) is 0 Å². The van der Waals surface area contributed by atoms with E-state index >= 15 is 0 Å². The predicted octanol–water partition coefficient (Wildman–Crippen LogP) is 0.745. The third kappa shape index (κ3) is 1.14. The second-order valence-electron chi connectivity index (χ2n) is 3.97. The topological polar surface area (TPSA) is 41.6 Å². The average molecular weight is 196 g/mol. The molecule has 0 aromatic heterocycles. The first-order valence-electron chi connectivity index (χ1n) is 4.95. The first-order valence-corrected chi connectivity index (χ1v) is 4.95. The third-order valence-corrected chi connectivity index (χ3v) is 3.32. The van der Waals surface area contributed by atoms with E-state index in [2.05, 4.69) is 11.9 Å². The summed E-state index contributed by atoms with van der Waals surface area (Å²) in [5, 5.41) is 3.33. The van der Waals surface area contributed by atoms with Gasteiger partial charge < -0.3 is 10.1 Å². The summed E-state index contributed by atoms with van der Waals surface area (Å²) < 4.78 is 4.81. The van der Waals surface area contributed by atoms with Crippen LogP contribution in [0.2, 0.25) is 0 Å². The minimum Gasteiger partial charge on any atom is -0.453 e. The molecule has 0 aliphatic carbocycles. The molecule has 2 fully saturated rings.